The minimum Gasteiger partial charge on any atom is -0.484 e. The summed E-state index contributed by atoms with van der Waals surface area (Å²) in [5.74, 6) is -0.173. The van der Waals surface area contributed by atoms with Crippen molar-refractivity contribution >= 4 is 18.3 Å². The molecule has 0 saturated heterocycles. The van der Waals surface area contributed by atoms with Gasteiger partial charge in [-0.05, 0) is 29.8 Å². The molecule has 5 nitrogen and oxygen atoms in total. The van der Waals surface area contributed by atoms with Crippen LogP contribution >= 0.6 is 12.4 Å². The molecule has 0 unspecified atom stereocenters. The number of carbonyl (C=O) groups excluding carboxylic acids is 1. The number of aromatic nitrogens is 1. The van der Waals surface area contributed by atoms with E-state index in [0.29, 0.717) is 11.3 Å². The lowest BCUT2D eigenvalue weighted by molar-refractivity contribution is -0.153. The first-order valence-corrected chi connectivity index (χ1v) is 7.09. The molecule has 1 heterocycles. The second-order valence-electron chi connectivity index (χ2n) is 4.97. The molecule has 1 aromatic carbocycles. The summed E-state index contributed by atoms with van der Waals surface area (Å²) in [5, 5.41) is 2.71. The molecule has 25 heavy (non-hydrogen) atoms. The zero-order chi connectivity index (χ0) is 17.6. The van der Waals surface area contributed by atoms with E-state index in [1.807, 2.05) is 0 Å². The molecule has 1 amide bonds. The fourth-order valence-corrected chi connectivity index (χ4v) is 1.88. The average molecular weight is 376 g/mol. The van der Waals surface area contributed by atoms with Gasteiger partial charge in [0.15, 0.2) is 6.61 Å². The number of amides is 1. The molecule has 0 radical (unpaired) electrons. The summed E-state index contributed by atoms with van der Waals surface area (Å²) >= 11 is 0. The van der Waals surface area contributed by atoms with Crippen LogP contribution in [-0.2, 0) is 13.1 Å². The largest absolute Gasteiger partial charge is 0.484 e. The molecule has 0 saturated carbocycles. The van der Waals surface area contributed by atoms with Crippen LogP contribution in [0.2, 0.25) is 0 Å². The second-order valence-corrected chi connectivity index (χ2v) is 4.97. The molecule has 0 atom stereocenters. The fraction of sp³-hybridized carbons (Fsp3) is 0.250. The third-order valence-electron chi connectivity index (χ3n) is 3.07. The lowest BCUT2D eigenvalue weighted by atomic mass is 10.2. The van der Waals surface area contributed by atoms with Crippen molar-refractivity contribution in [2.24, 2.45) is 5.73 Å². The van der Waals surface area contributed by atoms with Gasteiger partial charge in [0.2, 0.25) is 0 Å². The van der Waals surface area contributed by atoms with Gasteiger partial charge in [-0.1, -0.05) is 12.1 Å². The van der Waals surface area contributed by atoms with Crippen molar-refractivity contribution in [1.82, 2.24) is 10.3 Å². The Balaban J connectivity index is 0.00000312. The molecule has 0 fully saturated rings. The van der Waals surface area contributed by atoms with Crippen molar-refractivity contribution in [1.29, 1.82) is 0 Å². The quantitative estimate of drug-likeness (QED) is 0.814. The van der Waals surface area contributed by atoms with Crippen LogP contribution in [0, 0.1) is 0 Å². The van der Waals surface area contributed by atoms with E-state index >= 15 is 0 Å². The van der Waals surface area contributed by atoms with Crippen LogP contribution in [0.25, 0.3) is 0 Å². The van der Waals surface area contributed by atoms with Crippen LogP contribution < -0.4 is 15.8 Å². The summed E-state index contributed by atoms with van der Waals surface area (Å²) in [6.45, 7) is -0.867. The van der Waals surface area contributed by atoms with Crippen molar-refractivity contribution in [3.63, 3.8) is 0 Å². The molecule has 2 rings (SSSR count). The molecule has 1 aromatic heterocycles. The Morgan fingerprint density at radius 2 is 1.88 bits per heavy atom. The highest BCUT2D eigenvalue weighted by molar-refractivity contribution is 5.94. The molecule has 0 aliphatic heterocycles. The highest BCUT2D eigenvalue weighted by Gasteiger charge is 2.28. The molecule has 2 aromatic rings. The summed E-state index contributed by atoms with van der Waals surface area (Å²) < 4.78 is 40.8. The molecule has 0 aliphatic carbocycles. The Morgan fingerprint density at radius 1 is 1.20 bits per heavy atom. The lowest BCUT2D eigenvalue weighted by Crippen LogP contribution is -2.23. The van der Waals surface area contributed by atoms with Gasteiger partial charge in [-0.15, -0.1) is 12.4 Å². The van der Waals surface area contributed by atoms with E-state index < -0.39 is 12.8 Å². The van der Waals surface area contributed by atoms with E-state index in [4.69, 9.17) is 5.73 Å². The number of pyridine rings is 1. The number of benzene rings is 1. The second kappa shape index (κ2) is 9.24. The summed E-state index contributed by atoms with van der Waals surface area (Å²) in [7, 11) is 0. The first-order valence-electron chi connectivity index (χ1n) is 7.09. The van der Waals surface area contributed by atoms with Gasteiger partial charge < -0.3 is 15.8 Å². The number of nitrogens with one attached hydrogen (secondary N) is 1. The summed E-state index contributed by atoms with van der Waals surface area (Å²) in [6, 6.07) is 9.19. The third-order valence-corrected chi connectivity index (χ3v) is 3.07. The third kappa shape index (κ3) is 6.98. The SMILES string of the molecule is Cl.NCc1cc(C(=O)NCc2ccc(OCC(F)(F)F)cc2)ccn1. The zero-order valence-corrected chi connectivity index (χ0v) is 13.9. The van der Waals surface area contributed by atoms with Gasteiger partial charge in [0, 0.05) is 24.8 Å². The highest BCUT2D eigenvalue weighted by Crippen LogP contribution is 2.18. The Hall–Kier alpha value is -2.32. The van der Waals surface area contributed by atoms with Crippen LogP contribution in [-0.4, -0.2) is 23.7 Å². The zero-order valence-electron chi connectivity index (χ0n) is 13.0. The van der Waals surface area contributed by atoms with Gasteiger partial charge in [0.05, 0.1) is 5.69 Å². The molecule has 9 heteroatoms. The normalized spacial score (nSPS) is 10.7. The van der Waals surface area contributed by atoms with Crippen LogP contribution in [0.4, 0.5) is 13.2 Å². The van der Waals surface area contributed by atoms with E-state index in [1.165, 1.54) is 18.3 Å². The highest BCUT2D eigenvalue weighted by atomic mass is 35.5. The van der Waals surface area contributed by atoms with Gasteiger partial charge in [0.25, 0.3) is 5.91 Å². The number of nitrogens with zero attached hydrogens (tertiary/aromatic N) is 1. The Kier molecular flexibility index (Phi) is 7.66. The molecular formula is C16H17ClF3N3O2. The van der Waals surface area contributed by atoms with Crippen molar-refractivity contribution < 1.29 is 22.7 Å². The standard InChI is InChI=1S/C16H16F3N3O2.ClH/c17-16(18,19)10-24-14-3-1-11(2-4-14)9-22-15(23)12-5-6-21-13(7-12)8-20;/h1-7H,8-10,20H2,(H,22,23);1H. The Labute approximate surface area is 148 Å². The van der Waals surface area contributed by atoms with Gasteiger partial charge in [-0.25, -0.2) is 0 Å². The maximum atomic E-state index is 12.1. The van der Waals surface area contributed by atoms with Crippen LogP contribution in [0.1, 0.15) is 21.6 Å². The predicted molar refractivity (Wildman–Crippen MR) is 88.5 cm³/mol. The van der Waals surface area contributed by atoms with Crippen molar-refractivity contribution in [3.8, 4) is 5.75 Å². The Bertz CT molecular complexity index is 694. The number of halogens is 4. The number of carbonyl (C=O) groups is 1. The van der Waals surface area contributed by atoms with Crippen molar-refractivity contribution in [2.45, 2.75) is 19.3 Å². The minimum absolute atomic E-state index is 0. The number of hydrogen-bond donors (Lipinski definition) is 2. The molecular weight excluding hydrogens is 359 g/mol. The number of alkyl halides is 3. The number of hydrogen-bond acceptors (Lipinski definition) is 4. The van der Waals surface area contributed by atoms with E-state index in [-0.39, 0.29) is 37.2 Å². The molecule has 3 N–H and O–H groups in total. The van der Waals surface area contributed by atoms with Crippen molar-refractivity contribution in [2.75, 3.05) is 6.61 Å². The van der Waals surface area contributed by atoms with E-state index in [0.717, 1.165) is 5.56 Å². The van der Waals surface area contributed by atoms with Crippen molar-refractivity contribution in [3.05, 3.63) is 59.4 Å². The monoisotopic (exact) mass is 375 g/mol. The molecule has 136 valence electrons. The fourth-order valence-electron chi connectivity index (χ4n) is 1.88. The van der Waals surface area contributed by atoms with Crippen LogP contribution in [0.3, 0.4) is 0 Å². The number of rotatable bonds is 6. The first-order chi connectivity index (χ1) is 11.4. The number of nitrogens with two attached hydrogens (primary N) is 1. The molecule has 0 spiro atoms. The van der Waals surface area contributed by atoms with E-state index in [2.05, 4.69) is 15.0 Å². The van der Waals surface area contributed by atoms with E-state index in [9.17, 15) is 18.0 Å². The summed E-state index contributed by atoms with van der Waals surface area (Å²) in [5.41, 5.74) is 7.25. The van der Waals surface area contributed by atoms with Gasteiger partial charge >= 0.3 is 6.18 Å². The van der Waals surface area contributed by atoms with Gasteiger partial charge in [0.1, 0.15) is 5.75 Å². The maximum absolute atomic E-state index is 12.1. The van der Waals surface area contributed by atoms with Gasteiger partial charge in [-0.3, -0.25) is 9.78 Å². The van der Waals surface area contributed by atoms with Crippen LogP contribution in [0.15, 0.2) is 42.6 Å². The molecule has 0 aliphatic rings. The van der Waals surface area contributed by atoms with Gasteiger partial charge in [-0.2, -0.15) is 13.2 Å². The summed E-state index contributed by atoms with van der Waals surface area (Å²) in [4.78, 5) is 16.0. The summed E-state index contributed by atoms with van der Waals surface area (Å²) in [6.07, 6.45) is -2.87. The first kappa shape index (κ1) is 20.7. The minimum atomic E-state index is -4.38. The molecule has 0 bridgehead atoms. The topological polar surface area (TPSA) is 77.2 Å². The van der Waals surface area contributed by atoms with Crippen LogP contribution in [0.5, 0.6) is 5.75 Å². The average Bonchev–Trinajstić information content (AvgIpc) is 2.58. The van der Waals surface area contributed by atoms with E-state index in [1.54, 1.807) is 24.3 Å². The smallest absolute Gasteiger partial charge is 0.422 e. The Morgan fingerprint density at radius 3 is 2.48 bits per heavy atom. The lowest BCUT2D eigenvalue weighted by Gasteiger charge is -2.10. The number of ether oxygens (including phenoxy) is 1. The maximum Gasteiger partial charge on any atom is 0.422 e. The predicted octanol–water partition coefficient (Wildman–Crippen LogP) is 2.83.